The molecule has 0 unspecified atom stereocenters. The fraction of sp³-hybridized carbons (Fsp3) is 0.500. The van der Waals surface area contributed by atoms with Crippen LogP contribution in [0, 0.1) is 13.8 Å². The topological polar surface area (TPSA) is 70.1 Å². The molecular weight excluding hydrogens is 346 g/mol. The SMILES string of the molecule is CCCn1c(CCOC(N)=O)nc(C(C)C)c1Sc1cc(C)cc(C)c1. The van der Waals surface area contributed by atoms with Crippen LogP contribution >= 0.6 is 11.8 Å². The van der Waals surface area contributed by atoms with E-state index in [9.17, 15) is 4.79 Å². The normalized spacial score (nSPS) is 11.2. The first-order chi connectivity index (χ1) is 12.3. The molecule has 142 valence electrons. The highest BCUT2D eigenvalue weighted by Crippen LogP contribution is 2.36. The third-order valence-corrected chi connectivity index (χ3v) is 5.09. The van der Waals surface area contributed by atoms with Gasteiger partial charge in [0.2, 0.25) is 0 Å². The maximum Gasteiger partial charge on any atom is 0.404 e. The van der Waals surface area contributed by atoms with E-state index in [1.54, 1.807) is 11.8 Å². The standard InChI is InChI=1S/C20H29N3O2S/c1-6-8-23-17(7-9-25-20(21)24)22-18(13(2)3)19(23)26-16-11-14(4)10-15(5)12-16/h10-13H,6-9H2,1-5H3,(H2,21,24). The number of primary amides is 1. The molecule has 0 bridgehead atoms. The number of ether oxygens (including phenoxy) is 1. The number of hydrogen-bond acceptors (Lipinski definition) is 4. The van der Waals surface area contributed by atoms with Crippen molar-refractivity contribution in [3.05, 3.63) is 40.8 Å². The Morgan fingerprint density at radius 2 is 1.92 bits per heavy atom. The Hall–Kier alpha value is -1.95. The largest absolute Gasteiger partial charge is 0.449 e. The summed E-state index contributed by atoms with van der Waals surface area (Å²) in [6.07, 6.45) is 0.834. The Morgan fingerprint density at radius 1 is 1.27 bits per heavy atom. The number of carbonyl (C=O) groups excluding carboxylic acids is 1. The minimum absolute atomic E-state index is 0.251. The molecule has 0 aliphatic carbocycles. The summed E-state index contributed by atoms with van der Waals surface area (Å²) in [7, 11) is 0. The molecule has 0 fully saturated rings. The molecule has 0 aliphatic rings. The van der Waals surface area contributed by atoms with Crippen LogP contribution in [0.4, 0.5) is 4.79 Å². The van der Waals surface area contributed by atoms with E-state index in [1.807, 2.05) is 0 Å². The summed E-state index contributed by atoms with van der Waals surface area (Å²) in [6.45, 7) is 11.9. The fourth-order valence-electron chi connectivity index (χ4n) is 2.98. The molecule has 26 heavy (non-hydrogen) atoms. The molecule has 1 aromatic heterocycles. The molecule has 0 atom stereocenters. The van der Waals surface area contributed by atoms with E-state index in [2.05, 4.69) is 57.4 Å². The van der Waals surface area contributed by atoms with E-state index in [0.717, 1.165) is 24.5 Å². The van der Waals surface area contributed by atoms with Crippen molar-refractivity contribution in [2.24, 2.45) is 5.73 Å². The third kappa shape index (κ3) is 5.27. The number of amides is 1. The first kappa shape index (κ1) is 20.4. The predicted molar refractivity (Wildman–Crippen MR) is 106 cm³/mol. The van der Waals surface area contributed by atoms with Crippen molar-refractivity contribution in [3.63, 3.8) is 0 Å². The number of aryl methyl sites for hydroxylation is 2. The zero-order chi connectivity index (χ0) is 19.3. The summed E-state index contributed by atoms with van der Waals surface area (Å²) >= 11 is 1.77. The molecule has 0 saturated heterocycles. The van der Waals surface area contributed by atoms with Gasteiger partial charge in [0, 0.05) is 17.9 Å². The zero-order valence-corrected chi connectivity index (χ0v) is 17.2. The summed E-state index contributed by atoms with van der Waals surface area (Å²) in [5.41, 5.74) is 8.69. The summed E-state index contributed by atoms with van der Waals surface area (Å²) in [5, 5.41) is 1.18. The van der Waals surface area contributed by atoms with E-state index in [0.29, 0.717) is 12.3 Å². The molecule has 6 heteroatoms. The molecule has 1 amide bonds. The van der Waals surface area contributed by atoms with E-state index in [-0.39, 0.29) is 6.61 Å². The average molecular weight is 376 g/mol. The van der Waals surface area contributed by atoms with Crippen molar-refractivity contribution < 1.29 is 9.53 Å². The van der Waals surface area contributed by atoms with Crippen molar-refractivity contribution >= 4 is 17.9 Å². The van der Waals surface area contributed by atoms with Gasteiger partial charge in [0.25, 0.3) is 0 Å². The molecule has 1 heterocycles. The quantitative estimate of drug-likeness (QED) is 0.718. The molecular formula is C20H29N3O2S. The first-order valence-electron chi connectivity index (χ1n) is 9.09. The van der Waals surface area contributed by atoms with Crippen LogP contribution < -0.4 is 5.73 Å². The Bertz CT molecular complexity index is 748. The summed E-state index contributed by atoms with van der Waals surface area (Å²) in [4.78, 5) is 17.0. The minimum Gasteiger partial charge on any atom is -0.449 e. The van der Waals surface area contributed by atoms with E-state index < -0.39 is 6.09 Å². The van der Waals surface area contributed by atoms with Gasteiger partial charge < -0.3 is 15.0 Å². The van der Waals surface area contributed by atoms with Crippen molar-refractivity contribution in [1.82, 2.24) is 9.55 Å². The summed E-state index contributed by atoms with van der Waals surface area (Å²) < 4.78 is 7.18. The number of nitrogens with zero attached hydrogens (tertiary/aromatic N) is 2. The highest BCUT2D eigenvalue weighted by Gasteiger charge is 2.20. The molecule has 1 aromatic carbocycles. The molecule has 2 N–H and O–H groups in total. The molecule has 0 spiro atoms. The number of hydrogen-bond donors (Lipinski definition) is 1. The van der Waals surface area contributed by atoms with E-state index in [4.69, 9.17) is 15.5 Å². The highest BCUT2D eigenvalue weighted by molar-refractivity contribution is 7.99. The zero-order valence-electron chi connectivity index (χ0n) is 16.3. The van der Waals surface area contributed by atoms with Gasteiger partial charge in [-0.1, -0.05) is 38.6 Å². The van der Waals surface area contributed by atoms with Crippen molar-refractivity contribution in [2.45, 2.75) is 69.8 Å². The lowest BCUT2D eigenvalue weighted by molar-refractivity contribution is 0.157. The molecule has 0 aliphatic heterocycles. The van der Waals surface area contributed by atoms with Gasteiger partial charge >= 0.3 is 6.09 Å². The Labute approximate surface area is 160 Å². The monoisotopic (exact) mass is 375 g/mol. The second-order valence-electron chi connectivity index (χ2n) is 6.87. The number of carbonyl (C=O) groups is 1. The molecule has 2 aromatic rings. The number of nitrogens with two attached hydrogens (primary N) is 1. The van der Waals surface area contributed by atoms with Gasteiger partial charge in [-0.15, -0.1) is 0 Å². The smallest absolute Gasteiger partial charge is 0.404 e. The number of rotatable bonds is 8. The summed E-state index contributed by atoms with van der Waals surface area (Å²) in [5.74, 6) is 1.26. The molecule has 0 radical (unpaired) electrons. The van der Waals surface area contributed by atoms with Crippen molar-refractivity contribution in [3.8, 4) is 0 Å². The number of imidazole rings is 1. The van der Waals surface area contributed by atoms with Gasteiger partial charge in [-0.2, -0.15) is 0 Å². The maximum absolute atomic E-state index is 10.9. The maximum atomic E-state index is 10.9. The van der Waals surface area contributed by atoms with Crippen LogP contribution in [0.1, 0.15) is 55.8 Å². The lowest BCUT2D eigenvalue weighted by Crippen LogP contribution is -2.16. The predicted octanol–water partition coefficient (Wildman–Crippen LogP) is 4.82. The van der Waals surface area contributed by atoms with Gasteiger partial charge in [0.15, 0.2) is 0 Å². The van der Waals surface area contributed by atoms with Crippen LogP contribution in [0.25, 0.3) is 0 Å². The van der Waals surface area contributed by atoms with Gasteiger partial charge in [0.05, 0.1) is 5.69 Å². The summed E-state index contributed by atoms with van der Waals surface area (Å²) in [6, 6.07) is 6.60. The highest BCUT2D eigenvalue weighted by atomic mass is 32.2. The lowest BCUT2D eigenvalue weighted by atomic mass is 10.1. The van der Waals surface area contributed by atoms with E-state index >= 15 is 0 Å². The van der Waals surface area contributed by atoms with Crippen LogP contribution in [-0.2, 0) is 17.7 Å². The second-order valence-corrected chi connectivity index (χ2v) is 7.93. The van der Waals surface area contributed by atoms with Gasteiger partial charge in [0.1, 0.15) is 17.5 Å². The minimum atomic E-state index is -0.743. The average Bonchev–Trinajstić information content (AvgIpc) is 2.85. The van der Waals surface area contributed by atoms with Crippen LogP contribution in [-0.4, -0.2) is 22.3 Å². The van der Waals surface area contributed by atoms with Crippen LogP contribution in [0.15, 0.2) is 28.1 Å². The van der Waals surface area contributed by atoms with Gasteiger partial charge in [-0.25, -0.2) is 9.78 Å². The Balaban J connectivity index is 2.40. The lowest BCUT2D eigenvalue weighted by Gasteiger charge is -2.13. The van der Waals surface area contributed by atoms with Crippen LogP contribution in [0.3, 0.4) is 0 Å². The third-order valence-electron chi connectivity index (χ3n) is 4.00. The van der Waals surface area contributed by atoms with Crippen molar-refractivity contribution in [2.75, 3.05) is 6.61 Å². The number of benzene rings is 1. The Kier molecular flexibility index (Phi) is 7.14. The van der Waals surface area contributed by atoms with Crippen molar-refractivity contribution in [1.29, 1.82) is 0 Å². The Morgan fingerprint density at radius 3 is 2.46 bits per heavy atom. The van der Waals surface area contributed by atoms with Crippen LogP contribution in [0.2, 0.25) is 0 Å². The first-order valence-corrected chi connectivity index (χ1v) is 9.91. The van der Waals surface area contributed by atoms with Gasteiger partial charge in [-0.05, 0) is 49.4 Å². The molecule has 5 nitrogen and oxygen atoms in total. The van der Waals surface area contributed by atoms with E-state index in [1.165, 1.54) is 21.0 Å². The molecule has 0 saturated carbocycles. The van der Waals surface area contributed by atoms with Crippen LogP contribution in [0.5, 0.6) is 0 Å². The second kappa shape index (κ2) is 9.12. The van der Waals surface area contributed by atoms with Gasteiger partial charge in [-0.3, -0.25) is 0 Å². The fourth-order valence-corrected chi connectivity index (χ4v) is 4.38. The molecule has 2 rings (SSSR count). The number of aromatic nitrogens is 2.